The Morgan fingerprint density at radius 1 is 0.941 bits per heavy atom. The second kappa shape index (κ2) is 11.2. The summed E-state index contributed by atoms with van der Waals surface area (Å²) in [5, 5.41) is -0.350. The van der Waals surface area contributed by atoms with Crippen molar-refractivity contribution < 1.29 is 42.8 Å². The number of methoxy groups -OCH3 is 1. The highest BCUT2D eigenvalue weighted by Gasteiger charge is 2.51. The van der Waals surface area contributed by atoms with Gasteiger partial charge in [0.1, 0.15) is 18.5 Å². The number of thiocarbonyl (C=S) groups is 1. The molecule has 0 N–H and O–H groups in total. The fourth-order valence-electron chi connectivity index (χ4n) is 2.73. The van der Waals surface area contributed by atoms with Crippen LogP contribution in [0.25, 0.3) is 0 Å². The van der Waals surface area contributed by atoms with Gasteiger partial charge in [-0.2, -0.15) is 0 Å². The average Bonchev–Trinajstić information content (AvgIpc) is 2.74. The minimum absolute atomic E-state index is 0.319. The van der Waals surface area contributed by atoms with Gasteiger partial charge in [-0.3, -0.25) is 14.4 Å². The van der Waals surface area contributed by atoms with Crippen LogP contribution in [0.15, 0.2) is 30.3 Å². The third-order valence-corrected chi connectivity index (χ3v) is 4.87. The molecule has 9 nitrogen and oxygen atoms in total. The molecule has 0 saturated carbocycles. The average molecular weight is 497 g/mol. The van der Waals surface area contributed by atoms with E-state index in [9.17, 15) is 14.4 Å². The third-order valence-electron chi connectivity index (χ3n) is 4.69. The molecule has 1 aliphatic heterocycles. The number of benzene rings is 1. The van der Waals surface area contributed by atoms with Gasteiger partial charge < -0.3 is 28.4 Å². The van der Waals surface area contributed by atoms with Crippen molar-refractivity contribution in [3.63, 3.8) is 0 Å². The van der Waals surface area contributed by atoms with Crippen LogP contribution in [-0.4, -0.2) is 61.3 Å². The van der Waals surface area contributed by atoms with Crippen molar-refractivity contribution in [2.24, 2.45) is 10.8 Å². The molecule has 0 spiro atoms. The number of rotatable bonds is 6. The Balaban J connectivity index is 2.26. The summed E-state index contributed by atoms with van der Waals surface area (Å²) in [4.78, 5) is 38.1. The van der Waals surface area contributed by atoms with Crippen molar-refractivity contribution in [2.75, 3.05) is 13.7 Å². The predicted molar refractivity (Wildman–Crippen MR) is 125 cm³/mol. The molecule has 1 aromatic rings. The first-order valence-electron chi connectivity index (χ1n) is 10.8. The molecule has 188 valence electrons. The molecule has 34 heavy (non-hydrogen) atoms. The van der Waals surface area contributed by atoms with Crippen LogP contribution in [0.3, 0.4) is 0 Å². The number of hydrogen-bond donors (Lipinski definition) is 0. The molecule has 1 aromatic carbocycles. The van der Waals surface area contributed by atoms with E-state index >= 15 is 0 Å². The minimum atomic E-state index is -1.42. The maximum atomic E-state index is 13.4. The summed E-state index contributed by atoms with van der Waals surface area (Å²) < 4.78 is 32.9. The molecule has 0 bridgehead atoms. The summed E-state index contributed by atoms with van der Waals surface area (Å²) >= 11 is 5.16. The number of para-hydroxylation sites is 1. The summed E-state index contributed by atoms with van der Waals surface area (Å²) in [6.45, 7) is 9.71. The number of ether oxygens (including phenoxy) is 6. The van der Waals surface area contributed by atoms with Crippen molar-refractivity contribution in [2.45, 2.75) is 66.1 Å². The van der Waals surface area contributed by atoms with Crippen molar-refractivity contribution in [1.29, 1.82) is 0 Å². The van der Waals surface area contributed by atoms with Crippen LogP contribution in [0, 0.1) is 10.8 Å². The molecule has 0 unspecified atom stereocenters. The van der Waals surface area contributed by atoms with E-state index in [0.29, 0.717) is 5.75 Å². The van der Waals surface area contributed by atoms with E-state index in [1.165, 1.54) is 7.11 Å². The lowest BCUT2D eigenvalue weighted by molar-refractivity contribution is -0.255. The van der Waals surface area contributed by atoms with Crippen LogP contribution in [0.4, 0.5) is 0 Å². The third kappa shape index (κ3) is 7.48. The molecule has 4 atom stereocenters. The molecule has 1 fully saturated rings. The Bertz CT molecular complexity index is 886. The summed E-state index contributed by atoms with van der Waals surface area (Å²) in [7, 11) is 1.30. The second-order valence-electron chi connectivity index (χ2n) is 9.81. The van der Waals surface area contributed by atoms with Gasteiger partial charge in [0.15, 0.2) is 6.10 Å². The van der Waals surface area contributed by atoms with E-state index in [4.69, 9.17) is 40.6 Å². The maximum absolute atomic E-state index is 13.4. The van der Waals surface area contributed by atoms with E-state index in [-0.39, 0.29) is 11.8 Å². The Hall–Kier alpha value is -2.56. The first-order chi connectivity index (χ1) is 15.7. The largest absolute Gasteiger partial charge is 0.462 e. The standard InChI is InChI=1S/C24H32O9S/c1-23(2,3)20(26)29-13-15-17(33-22(34)30-14-11-9-8-10-12-14)16(25)18(19(28-7)31-15)32-21(27)24(4,5)6/h8-12,15,17-19H,13H2,1-7H3/t15-,17-,18-,19+/m1/s1. The van der Waals surface area contributed by atoms with Crippen LogP contribution in [0.5, 0.6) is 5.75 Å². The monoisotopic (exact) mass is 496 g/mol. The van der Waals surface area contributed by atoms with E-state index in [0.717, 1.165) is 0 Å². The van der Waals surface area contributed by atoms with Crippen LogP contribution in [0.1, 0.15) is 41.5 Å². The lowest BCUT2D eigenvalue weighted by Gasteiger charge is -2.39. The van der Waals surface area contributed by atoms with Crippen LogP contribution < -0.4 is 4.74 Å². The molecule has 1 heterocycles. The maximum Gasteiger partial charge on any atom is 0.358 e. The SMILES string of the molecule is CO[C@H]1O[C@H](COC(=O)C(C)(C)C)[C@@H](OC(=S)Oc2ccccc2)C(=O)[C@H]1OC(=O)C(C)(C)C. The van der Waals surface area contributed by atoms with Gasteiger partial charge in [-0.05, 0) is 53.7 Å². The van der Waals surface area contributed by atoms with Crippen molar-refractivity contribution in [3.05, 3.63) is 30.3 Å². The quantitative estimate of drug-likeness (QED) is 0.430. The zero-order chi connectivity index (χ0) is 25.7. The van der Waals surface area contributed by atoms with Crippen molar-refractivity contribution in [3.8, 4) is 5.75 Å². The zero-order valence-electron chi connectivity index (χ0n) is 20.5. The molecule has 0 aliphatic carbocycles. The van der Waals surface area contributed by atoms with Crippen LogP contribution in [0.2, 0.25) is 0 Å². The Morgan fingerprint density at radius 2 is 1.53 bits per heavy atom. The Kier molecular flexibility index (Phi) is 9.15. The molecule has 0 radical (unpaired) electrons. The summed E-state index contributed by atoms with van der Waals surface area (Å²) in [6, 6.07) is 8.60. The predicted octanol–water partition coefficient (Wildman–Crippen LogP) is 3.22. The smallest absolute Gasteiger partial charge is 0.358 e. The van der Waals surface area contributed by atoms with E-state index in [1.54, 1.807) is 71.9 Å². The summed E-state index contributed by atoms with van der Waals surface area (Å²) in [5.74, 6) is -1.39. The molecule has 1 saturated heterocycles. The summed E-state index contributed by atoms with van der Waals surface area (Å²) in [6.07, 6.45) is -5.13. The zero-order valence-corrected chi connectivity index (χ0v) is 21.3. The molecular formula is C24H32O9S. The van der Waals surface area contributed by atoms with Crippen molar-refractivity contribution >= 4 is 35.2 Å². The summed E-state index contributed by atoms with van der Waals surface area (Å²) in [5.41, 5.74) is -1.65. The number of ketones is 1. The highest BCUT2D eigenvalue weighted by atomic mass is 32.1. The fourth-order valence-corrected chi connectivity index (χ4v) is 2.93. The first kappa shape index (κ1) is 27.7. The van der Waals surface area contributed by atoms with E-state index < -0.39 is 53.2 Å². The number of Topliss-reactive ketones (excluding diaryl/α,β-unsaturated/α-hetero) is 1. The van der Waals surface area contributed by atoms with Gasteiger partial charge in [0.2, 0.25) is 18.2 Å². The van der Waals surface area contributed by atoms with Crippen LogP contribution in [-0.2, 0) is 38.1 Å². The normalized spacial score (nSPS) is 23.1. The fraction of sp³-hybridized carbons (Fsp3) is 0.583. The molecule has 2 rings (SSSR count). The van der Waals surface area contributed by atoms with Crippen molar-refractivity contribution in [1.82, 2.24) is 0 Å². The number of hydrogen-bond acceptors (Lipinski definition) is 10. The van der Waals surface area contributed by atoms with Gasteiger partial charge in [-0.1, -0.05) is 18.2 Å². The molecule has 10 heteroatoms. The number of esters is 2. The van der Waals surface area contributed by atoms with Gasteiger partial charge in [0, 0.05) is 19.3 Å². The Labute approximate surface area is 205 Å². The number of carbonyl (C=O) groups excluding carboxylic acids is 3. The van der Waals surface area contributed by atoms with Gasteiger partial charge in [-0.15, -0.1) is 0 Å². The van der Waals surface area contributed by atoms with Gasteiger partial charge >= 0.3 is 17.2 Å². The van der Waals surface area contributed by atoms with Gasteiger partial charge in [0.05, 0.1) is 10.8 Å². The second-order valence-corrected chi connectivity index (χ2v) is 10.1. The topological polar surface area (TPSA) is 107 Å². The van der Waals surface area contributed by atoms with Gasteiger partial charge in [0.25, 0.3) is 0 Å². The molecule has 0 amide bonds. The minimum Gasteiger partial charge on any atom is -0.462 e. The first-order valence-corrected chi connectivity index (χ1v) is 11.2. The molecular weight excluding hydrogens is 464 g/mol. The Morgan fingerprint density at radius 3 is 2.06 bits per heavy atom. The molecule has 1 aliphatic rings. The highest BCUT2D eigenvalue weighted by Crippen LogP contribution is 2.27. The lowest BCUT2D eigenvalue weighted by Crippen LogP contribution is -2.60. The van der Waals surface area contributed by atoms with E-state index in [1.807, 2.05) is 0 Å². The number of carbonyl (C=O) groups is 3. The van der Waals surface area contributed by atoms with Crippen LogP contribution >= 0.6 is 12.2 Å². The van der Waals surface area contributed by atoms with E-state index in [2.05, 4.69) is 0 Å². The lowest BCUT2D eigenvalue weighted by atomic mass is 9.96. The highest BCUT2D eigenvalue weighted by molar-refractivity contribution is 7.79. The molecule has 0 aromatic heterocycles. The van der Waals surface area contributed by atoms with Gasteiger partial charge in [-0.25, -0.2) is 0 Å².